The van der Waals surface area contributed by atoms with Gasteiger partial charge >= 0.3 is 0 Å². The van der Waals surface area contributed by atoms with Gasteiger partial charge in [0.25, 0.3) is 11.6 Å². The topological polar surface area (TPSA) is 84.7 Å². The molecule has 7 heteroatoms. The summed E-state index contributed by atoms with van der Waals surface area (Å²) in [6, 6.07) is 13.7. The van der Waals surface area contributed by atoms with Crippen molar-refractivity contribution in [1.29, 1.82) is 0 Å². The number of benzene rings is 2. The summed E-state index contributed by atoms with van der Waals surface area (Å²) in [6.45, 7) is 2.48. The molecule has 1 N–H and O–H groups in total. The van der Waals surface area contributed by atoms with E-state index < -0.39 is 4.92 Å². The smallest absolute Gasteiger partial charge is 0.269 e. The highest BCUT2D eigenvalue weighted by atomic mass is 16.6. The van der Waals surface area contributed by atoms with Crippen LogP contribution >= 0.6 is 0 Å². The van der Waals surface area contributed by atoms with E-state index in [1.807, 2.05) is 24.3 Å². The molecule has 1 aliphatic heterocycles. The maximum Gasteiger partial charge on any atom is 0.269 e. The monoisotopic (exact) mass is 397 g/mol. The Labute approximate surface area is 170 Å². The maximum atomic E-state index is 12.6. The van der Waals surface area contributed by atoms with Gasteiger partial charge in [-0.15, -0.1) is 0 Å². The normalized spacial score (nSPS) is 15.9. The van der Waals surface area contributed by atoms with Crippen LogP contribution < -0.4 is 10.1 Å². The van der Waals surface area contributed by atoms with E-state index in [9.17, 15) is 14.9 Å². The zero-order valence-electron chi connectivity index (χ0n) is 16.7. The minimum atomic E-state index is -0.471. The molecule has 1 atom stereocenters. The zero-order chi connectivity index (χ0) is 20.6. The van der Waals surface area contributed by atoms with Crippen LogP contribution in [0.3, 0.4) is 0 Å². The number of nitrogens with one attached hydrogen (secondary N) is 1. The van der Waals surface area contributed by atoms with Gasteiger partial charge in [0.1, 0.15) is 5.75 Å². The number of nitro groups is 1. The average molecular weight is 397 g/mol. The number of methoxy groups -OCH3 is 1. The molecule has 0 spiro atoms. The van der Waals surface area contributed by atoms with E-state index in [0.717, 1.165) is 37.2 Å². The van der Waals surface area contributed by atoms with Crippen molar-refractivity contribution < 1.29 is 14.5 Å². The van der Waals surface area contributed by atoms with Crippen LogP contribution in [0.4, 0.5) is 5.69 Å². The van der Waals surface area contributed by atoms with E-state index in [0.29, 0.717) is 12.1 Å². The molecule has 1 aliphatic rings. The highest BCUT2D eigenvalue weighted by Gasteiger charge is 2.22. The molecule has 2 aromatic carbocycles. The fourth-order valence-corrected chi connectivity index (χ4v) is 3.72. The van der Waals surface area contributed by atoms with E-state index in [1.54, 1.807) is 7.11 Å². The lowest BCUT2D eigenvalue weighted by Gasteiger charge is -2.31. The molecule has 2 aromatic rings. The van der Waals surface area contributed by atoms with Gasteiger partial charge in [0.05, 0.1) is 18.1 Å². The van der Waals surface area contributed by atoms with Gasteiger partial charge in [0, 0.05) is 24.2 Å². The second-order valence-corrected chi connectivity index (χ2v) is 7.25. The number of rotatable bonds is 7. The summed E-state index contributed by atoms with van der Waals surface area (Å²) < 4.78 is 5.27. The molecule has 0 aliphatic carbocycles. The third-order valence-electron chi connectivity index (χ3n) is 5.38. The largest absolute Gasteiger partial charge is 0.497 e. The molecule has 0 aromatic heterocycles. The van der Waals surface area contributed by atoms with Crippen molar-refractivity contribution >= 4 is 11.6 Å². The van der Waals surface area contributed by atoms with Crippen molar-refractivity contribution in [2.45, 2.75) is 31.7 Å². The lowest BCUT2D eigenvalue weighted by atomic mass is 10.0. The van der Waals surface area contributed by atoms with Crippen molar-refractivity contribution in [3.8, 4) is 5.75 Å². The Bertz CT molecular complexity index is 813. The number of non-ortho nitro benzene ring substituents is 1. The van der Waals surface area contributed by atoms with Crippen LogP contribution in [0.15, 0.2) is 48.5 Å². The third-order valence-corrected chi connectivity index (χ3v) is 5.38. The Balaban J connectivity index is 1.73. The van der Waals surface area contributed by atoms with E-state index in [2.05, 4.69) is 10.2 Å². The second kappa shape index (κ2) is 10.0. The van der Waals surface area contributed by atoms with Gasteiger partial charge in [-0.2, -0.15) is 0 Å². The number of hydrogen-bond donors (Lipinski definition) is 1. The summed E-state index contributed by atoms with van der Waals surface area (Å²) in [5, 5.41) is 13.8. The first-order chi connectivity index (χ1) is 14.1. The number of nitrogens with zero attached hydrogens (tertiary/aromatic N) is 2. The molecule has 1 fully saturated rings. The predicted molar refractivity (Wildman–Crippen MR) is 111 cm³/mol. The van der Waals surface area contributed by atoms with Crippen LogP contribution in [0.2, 0.25) is 0 Å². The molecular formula is C22H27N3O4. The Morgan fingerprint density at radius 3 is 2.24 bits per heavy atom. The zero-order valence-corrected chi connectivity index (χ0v) is 16.7. The Kier molecular flexibility index (Phi) is 7.19. The number of amides is 1. The van der Waals surface area contributed by atoms with Crippen molar-refractivity contribution in [3.63, 3.8) is 0 Å². The van der Waals surface area contributed by atoms with E-state index in [1.165, 1.54) is 37.1 Å². The predicted octanol–water partition coefficient (Wildman–Crippen LogP) is 3.95. The summed E-state index contributed by atoms with van der Waals surface area (Å²) in [5.41, 5.74) is 1.53. The molecule has 3 rings (SSSR count). The molecule has 29 heavy (non-hydrogen) atoms. The molecular weight excluding hydrogens is 370 g/mol. The van der Waals surface area contributed by atoms with Gasteiger partial charge in [-0.25, -0.2) is 0 Å². The van der Waals surface area contributed by atoms with Crippen LogP contribution in [0.1, 0.15) is 47.6 Å². The quantitative estimate of drug-likeness (QED) is 0.565. The Morgan fingerprint density at radius 1 is 1.07 bits per heavy atom. The number of likely N-dealkylation sites (tertiary alicyclic amines) is 1. The van der Waals surface area contributed by atoms with Crippen LogP contribution in [-0.4, -0.2) is 42.5 Å². The molecule has 0 saturated carbocycles. The van der Waals surface area contributed by atoms with Gasteiger partial charge in [-0.05, 0) is 55.8 Å². The third kappa shape index (κ3) is 5.54. The van der Waals surface area contributed by atoms with Crippen molar-refractivity contribution in [2.24, 2.45) is 0 Å². The molecule has 1 amide bonds. The number of nitro benzene ring substituents is 1. The van der Waals surface area contributed by atoms with Gasteiger partial charge in [0.15, 0.2) is 0 Å². The highest BCUT2D eigenvalue weighted by Crippen LogP contribution is 2.25. The molecule has 154 valence electrons. The Hall–Kier alpha value is -2.93. The summed E-state index contributed by atoms with van der Waals surface area (Å²) in [6.07, 6.45) is 4.79. The van der Waals surface area contributed by atoms with Gasteiger partial charge in [0.2, 0.25) is 0 Å². The summed E-state index contributed by atoms with van der Waals surface area (Å²) in [7, 11) is 1.64. The van der Waals surface area contributed by atoms with Crippen LogP contribution in [0, 0.1) is 10.1 Å². The van der Waals surface area contributed by atoms with E-state index >= 15 is 0 Å². The fraction of sp³-hybridized carbons (Fsp3) is 0.409. The molecule has 0 unspecified atom stereocenters. The van der Waals surface area contributed by atoms with Crippen molar-refractivity contribution in [3.05, 3.63) is 69.8 Å². The van der Waals surface area contributed by atoms with Gasteiger partial charge < -0.3 is 10.1 Å². The fourth-order valence-electron chi connectivity index (χ4n) is 3.72. The molecule has 1 heterocycles. The standard InChI is InChI=1S/C22H27N3O4/c1-29-20-12-8-17(9-13-20)21(24-14-4-2-3-5-15-24)16-23-22(26)18-6-10-19(11-7-18)25(27)28/h6-13,21H,2-5,14-16H2,1H3,(H,23,26)/t21-/m0/s1. The first-order valence-corrected chi connectivity index (χ1v) is 9.99. The lowest BCUT2D eigenvalue weighted by Crippen LogP contribution is -2.38. The minimum Gasteiger partial charge on any atom is -0.497 e. The number of carbonyl (C=O) groups excluding carboxylic acids is 1. The summed E-state index contributed by atoms with van der Waals surface area (Å²) >= 11 is 0. The highest BCUT2D eigenvalue weighted by molar-refractivity contribution is 5.94. The number of ether oxygens (including phenoxy) is 1. The SMILES string of the molecule is COc1ccc([C@H](CNC(=O)c2ccc([N+](=O)[O-])cc2)N2CCCCCC2)cc1. The molecule has 7 nitrogen and oxygen atoms in total. The molecule has 0 radical (unpaired) electrons. The Morgan fingerprint density at radius 2 is 1.69 bits per heavy atom. The molecule has 1 saturated heterocycles. The first-order valence-electron chi connectivity index (χ1n) is 9.99. The minimum absolute atomic E-state index is 0.0257. The van der Waals surface area contributed by atoms with Crippen molar-refractivity contribution in [2.75, 3.05) is 26.7 Å². The first kappa shape index (κ1) is 20.8. The van der Waals surface area contributed by atoms with Crippen LogP contribution in [0.25, 0.3) is 0 Å². The summed E-state index contributed by atoms with van der Waals surface area (Å²) in [4.78, 5) is 25.4. The lowest BCUT2D eigenvalue weighted by molar-refractivity contribution is -0.384. The van der Waals surface area contributed by atoms with Crippen LogP contribution in [0.5, 0.6) is 5.75 Å². The number of hydrogen-bond acceptors (Lipinski definition) is 5. The van der Waals surface area contributed by atoms with Crippen molar-refractivity contribution in [1.82, 2.24) is 10.2 Å². The van der Waals surface area contributed by atoms with Gasteiger partial charge in [-0.1, -0.05) is 25.0 Å². The maximum absolute atomic E-state index is 12.6. The summed E-state index contributed by atoms with van der Waals surface area (Å²) in [5.74, 6) is 0.575. The van der Waals surface area contributed by atoms with Gasteiger partial charge in [-0.3, -0.25) is 19.8 Å². The van der Waals surface area contributed by atoms with E-state index in [-0.39, 0.29) is 17.6 Å². The second-order valence-electron chi connectivity index (χ2n) is 7.25. The van der Waals surface area contributed by atoms with E-state index in [4.69, 9.17) is 4.74 Å². The van der Waals surface area contributed by atoms with Crippen LogP contribution in [-0.2, 0) is 0 Å². The molecule has 0 bridgehead atoms. The number of carbonyl (C=O) groups is 1. The average Bonchev–Trinajstić information content (AvgIpc) is 3.04.